The van der Waals surface area contributed by atoms with E-state index in [9.17, 15) is 9.59 Å². The van der Waals surface area contributed by atoms with Crippen LogP contribution in [0.4, 0.5) is 0 Å². The second-order valence-corrected chi connectivity index (χ2v) is 10.1. The summed E-state index contributed by atoms with van der Waals surface area (Å²) in [6, 6.07) is 4.26. The molecule has 5 heterocycles. The minimum absolute atomic E-state index is 0. The van der Waals surface area contributed by atoms with Gasteiger partial charge in [-0.2, -0.15) is 0 Å². The molecule has 1 saturated carbocycles. The van der Waals surface area contributed by atoms with Crippen molar-refractivity contribution in [3.63, 3.8) is 0 Å². The zero-order valence-electron chi connectivity index (χ0n) is 18.0. The number of nitrogens with zero attached hydrogens (tertiary/aromatic N) is 3. The molecular weight excluding hydrogens is 435 g/mol. The molecule has 4 fully saturated rings. The fourth-order valence-corrected chi connectivity index (χ4v) is 6.65. The van der Waals surface area contributed by atoms with Crippen molar-refractivity contribution in [3.05, 3.63) is 33.7 Å². The molecule has 1 aromatic heterocycles. The molecule has 4 aliphatic heterocycles. The Hall–Kier alpha value is -1.08. The number of amides is 1. The number of halogens is 2. The minimum Gasteiger partial charge on any atom is -0.341 e. The maximum Gasteiger partial charge on any atom is 0.255 e. The summed E-state index contributed by atoms with van der Waals surface area (Å²) >= 11 is 0. The van der Waals surface area contributed by atoms with Gasteiger partial charge in [0.1, 0.15) is 0 Å². The van der Waals surface area contributed by atoms with Gasteiger partial charge in [0.25, 0.3) is 5.56 Å². The first-order chi connectivity index (χ1) is 14.2. The average Bonchev–Trinajstić information content (AvgIpc) is 3.21. The molecule has 6 nitrogen and oxygen atoms in total. The number of hydrogen-bond donors (Lipinski definition) is 1. The van der Waals surface area contributed by atoms with Crippen molar-refractivity contribution in [1.82, 2.24) is 19.7 Å². The lowest BCUT2D eigenvalue weighted by atomic mass is 9.82. The zero-order chi connectivity index (χ0) is 19.5. The molecule has 31 heavy (non-hydrogen) atoms. The van der Waals surface area contributed by atoms with E-state index in [1.54, 1.807) is 0 Å². The molecule has 1 aromatic rings. The van der Waals surface area contributed by atoms with Crippen LogP contribution in [-0.4, -0.2) is 59.5 Å². The van der Waals surface area contributed by atoms with Crippen LogP contribution in [-0.2, 0) is 17.9 Å². The molecule has 0 spiro atoms. The largest absolute Gasteiger partial charge is 0.341 e. The predicted molar refractivity (Wildman–Crippen MR) is 125 cm³/mol. The fourth-order valence-electron chi connectivity index (χ4n) is 6.65. The lowest BCUT2D eigenvalue weighted by molar-refractivity contribution is -0.136. The first kappa shape index (κ1) is 23.1. The average molecular weight is 469 g/mol. The van der Waals surface area contributed by atoms with Crippen LogP contribution in [0.5, 0.6) is 0 Å². The Morgan fingerprint density at radius 2 is 1.74 bits per heavy atom. The predicted octanol–water partition coefficient (Wildman–Crippen LogP) is 2.09. The Kier molecular flexibility index (Phi) is 6.74. The molecule has 8 heteroatoms. The van der Waals surface area contributed by atoms with Crippen LogP contribution in [0.15, 0.2) is 16.9 Å². The van der Waals surface area contributed by atoms with Crippen molar-refractivity contribution < 1.29 is 4.79 Å². The summed E-state index contributed by atoms with van der Waals surface area (Å²) in [7, 11) is 0. The summed E-state index contributed by atoms with van der Waals surface area (Å²) in [5.74, 6) is 2.55. The molecule has 172 valence electrons. The second-order valence-electron chi connectivity index (χ2n) is 10.1. The quantitative estimate of drug-likeness (QED) is 0.737. The first-order valence-corrected chi connectivity index (χ1v) is 11.6. The van der Waals surface area contributed by atoms with E-state index in [0.29, 0.717) is 29.6 Å². The minimum atomic E-state index is 0. The van der Waals surface area contributed by atoms with E-state index < -0.39 is 0 Å². The summed E-state index contributed by atoms with van der Waals surface area (Å²) in [6.07, 6.45) is 4.93. The highest BCUT2D eigenvalue weighted by molar-refractivity contribution is 5.85. The van der Waals surface area contributed by atoms with E-state index in [-0.39, 0.29) is 36.3 Å². The number of pyridine rings is 1. The van der Waals surface area contributed by atoms with Gasteiger partial charge in [0.15, 0.2) is 0 Å². The molecule has 2 bridgehead atoms. The topological polar surface area (TPSA) is 57.6 Å². The number of aromatic nitrogens is 1. The smallest absolute Gasteiger partial charge is 0.255 e. The summed E-state index contributed by atoms with van der Waals surface area (Å²) < 4.78 is 2.05. The fraction of sp³-hybridized carbons (Fsp3) is 0.739. The van der Waals surface area contributed by atoms with Gasteiger partial charge in [-0.3, -0.25) is 14.5 Å². The van der Waals surface area contributed by atoms with Crippen molar-refractivity contribution in [1.29, 1.82) is 0 Å². The van der Waals surface area contributed by atoms with E-state index in [2.05, 4.69) is 31.8 Å². The molecule has 1 N–H and O–H groups in total. The normalized spacial score (nSPS) is 33.5. The maximum atomic E-state index is 13.2. The zero-order valence-corrected chi connectivity index (χ0v) is 19.6. The molecule has 5 aliphatic rings. The maximum absolute atomic E-state index is 13.2. The number of likely N-dealkylation sites (tertiary alicyclic amines) is 2. The highest BCUT2D eigenvalue weighted by Gasteiger charge is 2.58. The first-order valence-electron chi connectivity index (χ1n) is 11.6. The lowest BCUT2D eigenvalue weighted by Crippen LogP contribution is -2.50. The number of carbonyl (C=O) groups excluding carboxylic acids is 1. The van der Waals surface area contributed by atoms with Crippen molar-refractivity contribution in [3.8, 4) is 0 Å². The highest BCUT2D eigenvalue weighted by Crippen LogP contribution is 2.50. The number of fused-ring (bicyclic) bond motifs is 5. The van der Waals surface area contributed by atoms with Gasteiger partial charge in [-0.15, -0.1) is 24.8 Å². The van der Waals surface area contributed by atoms with Crippen molar-refractivity contribution in [2.45, 2.75) is 44.7 Å². The van der Waals surface area contributed by atoms with Gasteiger partial charge < -0.3 is 14.8 Å². The van der Waals surface area contributed by atoms with E-state index in [4.69, 9.17) is 0 Å². The molecule has 1 unspecified atom stereocenters. The Morgan fingerprint density at radius 1 is 1.00 bits per heavy atom. The number of carbonyl (C=O) groups is 1. The third-order valence-corrected chi connectivity index (χ3v) is 8.21. The van der Waals surface area contributed by atoms with Gasteiger partial charge >= 0.3 is 0 Å². The lowest BCUT2D eigenvalue weighted by Gasteiger charge is -2.43. The Labute approximate surface area is 196 Å². The highest BCUT2D eigenvalue weighted by atomic mass is 35.5. The molecule has 0 aromatic carbocycles. The summed E-state index contributed by atoms with van der Waals surface area (Å²) in [4.78, 5) is 30.9. The summed E-state index contributed by atoms with van der Waals surface area (Å²) in [5, 5.41) is 3.39. The van der Waals surface area contributed by atoms with Gasteiger partial charge in [-0.25, -0.2) is 0 Å². The van der Waals surface area contributed by atoms with E-state index in [0.717, 1.165) is 70.0 Å². The second kappa shape index (κ2) is 9.05. The monoisotopic (exact) mass is 468 g/mol. The van der Waals surface area contributed by atoms with Gasteiger partial charge in [-0.05, 0) is 69.3 Å². The summed E-state index contributed by atoms with van der Waals surface area (Å²) in [5.41, 5.74) is 2.32. The van der Waals surface area contributed by atoms with Crippen LogP contribution in [0.1, 0.15) is 42.9 Å². The van der Waals surface area contributed by atoms with Crippen LogP contribution in [0, 0.1) is 23.7 Å². The SMILES string of the molecule is Cl.Cl.O=C(C1[C@H]2CNC[C@@H]12)N1C[C@@H]2C[C@H](C1)c1ccc(CN3CCCCC3)c(=O)n1C2. The Bertz CT molecular complexity index is 875. The molecular formula is C23H34Cl2N4O2. The van der Waals surface area contributed by atoms with Gasteiger partial charge in [0.2, 0.25) is 5.91 Å². The van der Waals surface area contributed by atoms with Crippen LogP contribution in [0.2, 0.25) is 0 Å². The van der Waals surface area contributed by atoms with E-state index >= 15 is 0 Å². The van der Waals surface area contributed by atoms with Crippen molar-refractivity contribution in [2.75, 3.05) is 39.3 Å². The number of nitrogens with one attached hydrogen (secondary N) is 1. The van der Waals surface area contributed by atoms with Gasteiger partial charge in [0.05, 0.1) is 0 Å². The van der Waals surface area contributed by atoms with Crippen molar-refractivity contribution in [2.24, 2.45) is 23.7 Å². The molecule has 1 amide bonds. The van der Waals surface area contributed by atoms with Crippen LogP contribution >= 0.6 is 24.8 Å². The van der Waals surface area contributed by atoms with E-state index in [1.165, 1.54) is 19.3 Å². The van der Waals surface area contributed by atoms with Gasteiger partial charge in [0, 0.05) is 49.3 Å². The number of piperidine rings is 3. The van der Waals surface area contributed by atoms with Crippen LogP contribution in [0.25, 0.3) is 0 Å². The molecule has 1 aliphatic carbocycles. The number of hydrogen-bond acceptors (Lipinski definition) is 4. The van der Waals surface area contributed by atoms with Crippen molar-refractivity contribution >= 4 is 30.7 Å². The molecule has 6 rings (SSSR count). The van der Waals surface area contributed by atoms with E-state index in [1.807, 2.05) is 0 Å². The van der Waals surface area contributed by atoms with Crippen LogP contribution < -0.4 is 10.9 Å². The third kappa shape index (κ3) is 4.05. The molecule has 3 saturated heterocycles. The Balaban J connectivity index is 0.00000116. The van der Waals surface area contributed by atoms with Gasteiger partial charge in [-0.1, -0.05) is 12.5 Å². The Morgan fingerprint density at radius 3 is 2.48 bits per heavy atom. The third-order valence-electron chi connectivity index (χ3n) is 8.21. The standard InChI is InChI=1S/C23H32N4O2.2ClH/c28-22-16(13-25-6-2-1-3-7-25)4-5-20-17-8-15(12-27(20)22)11-26(14-17)23(29)21-18-9-24-10-19(18)21;;/h4-5,15,17-19,21,24H,1-3,6-14H2;2*1H/t15-,17+,18-,19+,21?;;/m0../s1. The summed E-state index contributed by atoms with van der Waals surface area (Å²) in [6.45, 7) is 7.45. The molecule has 0 radical (unpaired) electrons. The van der Waals surface area contributed by atoms with Crippen LogP contribution in [0.3, 0.4) is 0 Å². The molecule has 5 atom stereocenters. The number of rotatable bonds is 3.